The number of aliphatic hydroxyl groups excluding tert-OH is 1. The predicted molar refractivity (Wildman–Crippen MR) is 89.5 cm³/mol. The second kappa shape index (κ2) is 6.24. The van der Waals surface area contributed by atoms with Crippen molar-refractivity contribution in [1.82, 2.24) is 4.90 Å². The average molecular weight is 299 g/mol. The topological polar surface area (TPSA) is 32.7 Å². The van der Waals surface area contributed by atoms with Gasteiger partial charge in [-0.25, -0.2) is 0 Å². The Morgan fingerprint density at radius 2 is 1.81 bits per heavy atom. The fraction of sp³-hybridized carbons (Fsp3) is 0.235. The highest BCUT2D eigenvalue weighted by Gasteiger charge is 2.19. The third kappa shape index (κ3) is 2.77. The second-order valence-electron chi connectivity index (χ2n) is 4.97. The molecule has 0 aliphatic carbocycles. The van der Waals surface area contributed by atoms with Crippen LogP contribution in [0, 0.1) is 0 Å². The molecule has 0 bridgehead atoms. The van der Waals surface area contributed by atoms with Crippen molar-refractivity contribution in [3.05, 3.63) is 54.3 Å². The zero-order valence-electron chi connectivity index (χ0n) is 11.7. The van der Waals surface area contributed by atoms with Crippen LogP contribution in [-0.2, 0) is 4.74 Å². The molecule has 1 saturated heterocycles. The molecule has 0 aromatic heterocycles. The maximum absolute atomic E-state index is 9.73. The van der Waals surface area contributed by atoms with Gasteiger partial charge in [-0.15, -0.1) is 0 Å². The zero-order chi connectivity index (χ0) is 14.7. The van der Waals surface area contributed by atoms with Crippen LogP contribution in [0.15, 0.2) is 48.7 Å². The van der Waals surface area contributed by atoms with Gasteiger partial charge in [-0.1, -0.05) is 54.7 Å². The molecule has 1 aliphatic heterocycles. The normalized spacial score (nSPS) is 16.2. The first-order valence-corrected chi connectivity index (χ1v) is 7.41. The summed E-state index contributed by atoms with van der Waals surface area (Å²) in [5, 5.41) is 12.0. The number of aliphatic hydroxyl groups is 1. The SMILES string of the molecule is OC=C(C(=S)N1CCOCC1)c1cccc2ccccc12. The molecule has 1 fully saturated rings. The number of ether oxygens (including phenoxy) is 1. The van der Waals surface area contributed by atoms with E-state index >= 15 is 0 Å². The van der Waals surface area contributed by atoms with E-state index in [-0.39, 0.29) is 0 Å². The van der Waals surface area contributed by atoms with E-state index < -0.39 is 0 Å². The van der Waals surface area contributed by atoms with Crippen LogP contribution in [-0.4, -0.2) is 41.3 Å². The van der Waals surface area contributed by atoms with Crippen LogP contribution in [0.3, 0.4) is 0 Å². The van der Waals surface area contributed by atoms with Crippen molar-refractivity contribution in [2.45, 2.75) is 0 Å². The predicted octanol–water partition coefficient (Wildman–Crippen LogP) is 3.40. The third-order valence-corrected chi connectivity index (χ3v) is 4.22. The van der Waals surface area contributed by atoms with Crippen LogP contribution in [0.2, 0.25) is 0 Å². The molecule has 0 atom stereocenters. The summed E-state index contributed by atoms with van der Waals surface area (Å²) in [6.07, 6.45) is 1.12. The van der Waals surface area contributed by atoms with Crippen LogP contribution < -0.4 is 0 Å². The first-order chi connectivity index (χ1) is 10.3. The first kappa shape index (κ1) is 14.0. The number of rotatable bonds is 2. The number of nitrogens with zero attached hydrogens (tertiary/aromatic N) is 1. The second-order valence-corrected chi connectivity index (χ2v) is 5.36. The molecule has 2 aromatic rings. The fourth-order valence-electron chi connectivity index (χ4n) is 2.64. The molecule has 0 spiro atoms. The molecule has 1 N–H and O–H groups in total. The highest BCUT2D eigenvalue weighted by atomic mass is 32.1. The van der Waals surface area contributed by atoms with E-state index in [2.05, 4.69) is 23.1 Å². The average Bonchev–Trinajstić information content (AvgIpc) is 2.56. The zero-order valence-corrected chi connectivity index (χ0v) is 12.5. The summed E-state index contributed by atoms with van der Waals surface area (Å²) in [5.74, 6) is 0. The largest absolute Gasteiger partial charge is 0.515 e. The molecular weight excluding hydrogens is 282 g/mol. The third-order valence-electron chi connectivity index (χ3n) is 3.74. The molecule has 108 valence electrons. The Bertz CT molecular complexity index is 685. The minimum absolute atomic E-state index is 0.675. The van der Waals surface area contributed by atoms with Crippen molar-refractivity contribution in [1.29, 1.82) is 0 Å². The number of thiocarbonyl (C=S) groups is 1. The first-order valence-electron chi connectivity index (χ1n) is 7.01. The lowest BCUT2D eigenvalue weighted by molar-refractivity contribution is 0.0696. The smallest absolute Gasteiger partial charge is 0.113 e. The Balaban J connectivity index is 2.00. The van der Waals surface area contributed by atoms with Crippen molar-refractivity contribution >= 4 is 33.6 Å². The molecule has 1 aliphatic rings. The highest BCUT2D eigenvalue weighted by Crippen LogP contribution is 2.27. The molecule has 4 heteroatoms. The summed E-state index contributed by atoms with van der Waals surface area (Å²) in [6, 6.07) is 14.2. The van der Waals surface area contributed by atoms with Gasteiger partial charge in [0.1, 0.15) is 4.99 Å². The van der Waals surface area contributed by atoms with Crippen LogP contribution in [0.5, 0.6) is 0 Å². The minimum Gasteiger partial charge on any atom is -0.515 e. The Morgan fingerprint density at radius 3 is 2.57 bits per heavy atom. The molecule has 2 aromatic carbocycles. The number of benzene rings is 2. The van der Waals surface area contributed by atoms with Crippen molar-refractivity contribution < 1.29 is 9.84 Å². The van der Waals surface area contributed by atoms with Gasteiger partial charge in [-0.2, -0.15) is 0 Å². The number of hydrogen-bond acceptors (Lipinski definition) is 3. The molecule has 1 heterocycles. The standard InChI is InChI=1S/C17H17NO2S/c19-12-16(17(21)18-8-10-20-11-9-18)15-7-3-5-13-4-1-2-6-14(13)15/h1-7,12,19H,8-11H2. The monoisotopic (exact) mass is 299 g/mol. The molecule has 0 amide bonds. The minimum atomic E-state index is 0.675. The van der Waals surface area contributed by atoms with Gasteiger partial charge in [0.15, 0.2) is 0 Å². The van der Waals surface area contributed by atoms with Crippen molar-refractivity contribution in [2.24, 2.45) is 0 Å². The summed E-state index contributed by atoms with van der Waals surface area (Å²) in [7, 11) is 0. The fourth-order valence-corrected chi connectivity index (χ4v) is 2.98. The molecule has 0 radical (unpaired) electrons. The lowest BCUT2D eigenvalue weighted by Gasteiger charge is -2.30. The van der Waals surface area contributed by atoms with E-state index in [1.54, 1.807) is 0 Å². The Kier molecular flexibility index (Phi) is 4.18. The van der Waals surface area contributed by atoms with Crippen molar-refractivity contribution in [3.63, 3.8) is 0 Å². The Labute approximate surface area is 129 Å². The summed E-state index contributed by atoms with van der Waals surface area (Å²) in [6.45, 7) is 2.88. The number of morpholine rings is 1. The van der Waals surface area contributed by atoms with Gasteiger partial charge in [-0.05, 0) is 16.3 Å². The maximum Gasteiger partial charge on any atom is 0.113 e. The number of hydrogen-bond donors (Lipinski definition) is 1. The Hall–Kier alpha value is -1.91. The van der Waals surface area contributed by atoms with Crippen LogP contribution in [0.1, 0.15) is 5.56 Å². The van der Waals surface area contributed by atoms with Crippen LogP contribution in [0.4, 0.5) is 0 Å². The summed E-state index contributed by atoms with van der Waals surface area (Å²) in [5.41, 5.74) is 1.66. The van der Waals surface area contributed by atoms with Gasteiger partial charge >= 0.3 is 0 Å². The van der Waals surface area contributed by atoms with Gasteiger partial charge in [0.25, 0.3) is 0 Å². The van der Waals surface area contributed by atoms with E-state index in [9.17, 15) is 5.11 Å². The maximum atomic E-state index is 9.73. The van der Waals surface area contributed by atoms with E-state index in [0.29, 0.717) is 23.8 Å². The van der Waals surface area contributed by atoms with Gasteiger partial charge < -0.3 is 14.7 Å². The van der Waals surface area contributed by atoms with Crippen LogP contribution >= 0.6 is 12.2 Å². The number of fused-ring (bicyclic) bond motifs is 1. The molecule has 3 nitrogen and oxygen atoms in total. The van der Waals surface area contributed by atoms with E-state index in [1.165, 1.54) is 0 Å². The lowest BCUT2D eigenvalue weighted by atomic mass is 9.98. The van der Waals surface area contributed by atoms with Crippen molar-refractivity contribution in [3.8, 4) is 0 Å². The molecule has 0 unspecified atom stereocenters. The summed E-state index contributed by atoms with van der Waals surface area (Å²) >= 11 is 5.58. The lowest BCUT2D eigenvalue weighted by Crippen LogP contribution is -2.40. The van der Waals surface area contributed by atoms with Crippen LogP contribution in [0.25, 0.3) is 16.3 Å². The molecule has 21 heavy (non-hydrogen) atoms. The van der Waals surface area contributed by atoms with Gasteiger partial charge in [0, 0.05) is 13.1 Å². The highest BCUT2D eigenvalue weighted by molar-refractivity contribution is 7.81. The van der Waals surface area contributed by atoms with Gasteiger partial charge in [-0.3, -0.25) is 0 Å². The van der Waals surface area contributed by atoms with Gasteiger partial charge in [0.2, 0.25) is 0 Å². The van der Waals surface area contributed by atoms with E-state index in [1.807, 2.05) is 24.3 Å². The Morgan fingerprint density at radius 1 is 1.10 bits per heavy atom. The quantitative estimate of drug-likeness (QED) is 0.523. The molecular formula is C17H17NO2S. The molecule has 3 rings (SSSR count). The summed E-state index contributed by atoms with van der Waals surface area (Å²) in [4.78, 5) is 2.76. The van der Waals surface area contributed by atoms with E-state index in [0.717, 1.165) is 35.7 Å². The summed E-state index contributed by atoms with van der Waals surface area (Å²) < 4.78 is 5.36. The van der Waals surface area contributed by atoms with Gasteiger partial charge in [0.05, 0.1) is 25.0 Å². The molecule has 0 saturated carbocycles. The van der Waals surface area contributed by atoms with E-state index in [4.69, 9.17) is 17.0 Å². The van der Waals surface area contributed by atoms with Crippen molar-refractivity contribution in [2.75, 3.05) is 26.3 Å².